The first-order chi connectivity index (χ1) is 15.4. The predicted octanol–water partition coefficient (Wildman–Crippen LogP) is 5.58. The largest absolute Gasteiger partial charge is 0.384 e. The molecular weight excluding hydrogens is 420 g/mol. The Labute approximate surface area is 196 Å². The molecule has 0 saturated carbocycles. The second kappa shape index (κ2) is 10.1. The average Bonchev–Trinajstić information content (AvgIpc) is 2.78. The summed E-state index contributed by atoms with van der Waals surface area (Å²) < 4.78 is 5.48. The number of halogens is 1. The Morgan fingerprint density at radius 3 is 2.50 bits per heavy atom. The molecule has 2 heterocycles. The zero-order chi connectivity index (χ0) is 22.6. The Balaban J connectivity index is 1.58. The van der Waals surface area contributed by atoms with Crippen molar-refractivity contribution in [2.45, 2.75) is 32.7 Å². The van der Waals surface area contributed by atoms with E-state index in [-0.39, 0.29) is 5.54 Å². The van der Waals surface area contributed by atoms with Crippen molar-refractivity contribution in [2.24, 2.45) is 0 Å². The van der Waals surface area contributed by atoms with Crippen LogP contribution >= 0.6 is 11.6 Å². The van der Waals surface area contributed by atoms with Crippen LogP contribution in [0.15, 0.2) is 48.7 Å². The van der Waals surface area contributed by atoms with Crippen LogP contribution in [0.25, 0.3) is 22.0 Å². The molecule has 0 spiro atoms. The van der Waals surface area contributed by atoms with E-state index in [1.165, 1.54) is 5.69 Å². The second-order valence-corrected chi connectivity index (χ2v) is 9.75. The minimum absolute atomic E-state index is 0.132. The molecule has 0 radical (unpaired) electrons. The third kappa shape index (κ3) is 5.71. The lowest BCUT2D eigenvalue weighted by molar-refractivity contribution is 0.122. The van der Waals surface area contributed by atoms with E-state index >= 15 is 0 Å². The number of rotatable bonds is 7. The van der Waals surface area contributed by atoms with E-state index in [9.17, 15) is 0 Å². The third-order valence-corrected chi connectivity index (χ3v) is 5.93. The molecule has 4 rings (SSSR count). The van der Waals surface area contributed by atoms with Crippen LogP contribution in [0.4, 0.5) is 11.4 Å². The van der Waals surface area contributed by atoms with Crippen LogP contribution in [0, 0.1) is 0 Å². The number of hydrogen-bond acceptors (Lipinski definition) is 5. The number of benzene rings is 2. The van der Waals surface area contributed by atoms with Gasteiger partial charge in [-0.1, -0.05) is 23.7 Å². The van der Waals surface area contributed by atoms with Crippen molar-refractivity contribution in [2.75, 3.05) is 49.6 Å². The van der Waals surface area contributed by atoms with Crippen LogP contribution in [0.1, 0.15) is 27.2 Å². The van der Waals surface area contributed by atoms with Gasteiger partial charge in [0, 0.05) is 53.0 Å². The zero-order valence-electron chi connectivity index (χ0n) is 19.2. The lowest BCUT2D eigenvalue weighted by atomic mass is 10.0. The molecule has 2 N–H and O–H groups in total. The van der Waals surface area contributed by atoms with Crippen molar-refractivity contribution in [3.63, 3.8) is 0 Å². The van der Waals surface area contributed by atoms with Crippen molar-refractivity contribution >= 4 is 33.9 Å². The number of ether oxygens (including phenoxy) is 1. The molecule has 0 unspecified atom stereocenters. The van der Waals surface area contributed by atoms with Gasteiger partial charge in [-0.2, -0.15) is 0 Å². The summed E-state index contributed by atoms with van der Waals surface area (Å²) >= 11 is 6.23. The van der Waals surface area contributed by atoms with Crippen LogP contribution < -0.4 is 15.5 Å². The van der Waals surface area contributed by atoms with Crippen molar-refractivity contribution in [1.82, 2.24) is 10.3 Å². The highest BCUT2D eigenvalue weighted by Crippen LogP contribution is 2.35. The number of morpholine rings is 1. The van der Waals surface area contributed by atoms with Gasteiger partial charge in [0.2, 0.25) is 0 Å². The molecule has 1 aromatic heterocycles. The van der Waals surface area contributed by atoms with Gasteiger partial charge in [-0.3, -0.25) is 4.98 Å². The van der Waals surface area contributed by atoms with Gasteiger partial charge < -0.3 is 20.3 Å². The van der Waals surface area contributed by atoms with Gasteiger partial charge in [0.05, 0.1) is 24.4 Å². The normalized spacial score (nSPS) is 14.7. The summed E-state index contributed by atoms with van der Waals surface area (Å²) in [5.41, 5.74) is 5.65. The van der Waals surface area contributed by atoms with E-state index in [4.69, 9.17) is 21.3 Å². The fraction of sp³-hybridized carbons (Fsp3) is 0.423. The first-order valence-corrected chi connectivity index (χ1v) is 11.8. The standard InChI is InChI=1S/C26H33ClN4O/c1-26(2,3)30-12-4-11-28-25-22-10-7-20(27)17-24(22)29-18-23(25)19-5-8-21(9-6-19)31-13-15-32-16-14-31/h5-10,17-18,30H,4,11-16H2,1-3H3,(H,28,29). The molecule has 32 heavy (non-hydrogen) atoms. The van der Waals surface area contributed by atoms with E-state index in [1.54, 1.807) is 0 Å². The van der Waals surface area contributed by atoms with Gasteiger partial charge in [0.25, 0.3) is 0 Å². The number of fused-ring (bicyclic) bond motifs is 1. The van der Waals surface area contributed by atoms with E-state index in [1.807, 2.05) is 18.3 Å². The summed E-state index contributed by atoms with van der Waals surface area (Å²) in [7, 11) is 0. The van der Waals surface area contributed by atoms with E-state index in [0.29, 0.717) is 5.02 Å². The summed E-state index contributed by atoms with van der Waals surface area (Å²) in [6, 6.07) is 14.7. The highest BCUT2D eigenvalue weighted by Gasteiger charge is 2.14. The number of nitrogens with one attached hydrogen (secondary N) is 2. The Hall–Kier alpha value is -2.34. The molecule has 5 nitrogen and oxygen atoms in total. The third-order valence-electron chi connectivity index (χ3n) is 5.70. The average molecular weight is 453 g/mol. The van der Waals surface area contributed by atoms with Crippen LogP contribution in [-0.2, 0) is 4.74 Å². The van der Waals surface area contributed by atoms with Gasteiger partial charge in [-0.05, 0) is 69.6 Å². The molecule has 6 heteroatoms. The number of hydrogen-bond donors (Lipinski definition) is 2. The Morgan fingerprint density at radius 1 is 1.03 bits per heavy atom. The van der Waals surface area contributed by atoms with Crippen LogP contribution in [0.2, 0.25) is 5.02 Å². The highest BCUT2D eigenvalue weighted by molar-refractivity contribution is 6.31. The van der Waals surface area contributed by atoms with Gasteiger partial charge in [0.1, 0.15) is 0 Å². The van der Waals surface area contributed by atoms with Gasteiger partial charge >= 0.3 is 0 Å². The smallest absolute Gasteiger partial charge is 0.0738 e. The van der Waals surface area contributed by atoms with Crippen LogP contribution in [0.3, 0.4) is 0 Å². The van der Waals surface area contributed by atoms with Gasteiger partial charge in [0.15, 0.2) is 0 Å². The summed E-state index contributed by atoms with van der Waals surface area (Å²) in [5.74, 6) is 0. The summed E-state index contributed by atoms with van der Waals surface area (Å²) in [5, 5.41) is 9.03. The van der Waals surface area contributed by atoms with Gasteiger partial charge in [-0.15, -0.1) is 0 Å². The Kier molecular flexibility index (Phi) is 7.19. The second-order valence-electron chi connectivity index (χ2n) is 9.31. The molecule has 2 aromatic carbocycles. The molecule has 3 aromatic rings. The minimum Gasteiger partial charge on any atom is -0.384 e. The fourth-order valence-corrected chi connectivity index (χ4v) is 4.18. The van der Waals surface area contributed by atoms with Crippen molar-refractivity contribution in [3.05, 3.63) is 53.7 Å². The number of nitrogens with zero attached hydrogens (tertiary/aromatic N) is 2. The Morgan fingerprint density at radius 2 is 1.78 bits per heavy atom. The maximum absolute atomic E-state index is 6.23. The first-order valence-electron chi connectivity index (χ1n) is 11.4. The van der Waals surface area contributed by atoms with E-state index < -0.39 is 0 Å². The topological polar surface area (TPSA) is 49.4 Å². The summed E-state index contributed by atoms with van der Waals surface area (Å²) in [6.45, 7) is 11.9. The maximum atomic E-state index is 6.23. The molecule has 0 amide bonds. The van der Waals surface area contributed by atoms with Crippen LogP contribution in [-0.4, -0.2) is 49.9 Å². The minimum atomic E-state index is 0.132. The van der Waals surface area contributed by atoms with E-state index in [2.05, 4.69) is 66.6 Å². The van der Waals surface area contributed by atoms with E-state index in [0.717, 1.165) is 73.5 Å². The highest BCUT2D eigenvalue weighted by atomic mass is 35.5. The molecule has 170 valence electrons. The van der Waals surface area contributed by atoms with Crippen molar-refractivity contribution < 1.29 is 4.74 Å². The number of aromatic nitrogens is 1. The molecule has 1 aliphatic heterocycles. The fourth-order valence-electron chi connectivity index (χ4n) is 4.01. The SMILES string of the molecule is CC(C)(C)NCCCNc1c(-c2ccc(N3CCOCC3)cc2)cnc2cc(Cl)ccc12. The zero-order valence-corrected chi connectivity index (χ0v) is 20.0. The lowest BCUT2D eigenvalue weighted by Crippen LogP contribution is -2.36. The summed E-state index contributed by atoms with van der Waals surface area (Å²) in [4.78, 5) is 7.07. The molecule has 1 aliphatic rings. The van der Waals surface area contributed by atoms with Gasteiger partial charge in [-0.25, -0.2) is 0 Å². The quantitative estimate of drug-likeness (QED) is 0.458. The molecular formula is C26H33ClN4O. The molecule has 0 aliphatic carbocycles. The van der Waals surface area contributed by atoms with Crippen molar-refractivity contribution in [1.29, 1.82) is 0 Å². The molecule has 0 atom stereocenters. The van der Waals surface area contributed by atoms with Crippen LogP contribution in [0.5, 0.6) is 0 Å². The Bertz CT molecular complexity index is 1040. The first kappa shape index (κ1) is 22.8. The lowest BCUT2D eigenvalue weighted by Gasteiger charge is -2.29. The number of pyridine rings is 1. The molecule has 0 bridgehead atoms. The monoisotopic (exact) mass is 452 g/mol. The summed E-state index contributed by atoms with van der Waals surface area (Å²) in [6.07, 6.45) is 2.99. The number of anilines is 2. The molecule has 1 fully saturated rings. The predicted molar refractivity (Wildman–Crippen MR) is 136 cm³/mol. The molecule has 1 saturated heterocycles. The van der Waals surface area contributed by atoms with Crippen molar-refractivity contribution in [3.8, 4) is 11.1 Å². The maximum Gasteiger partial charge on any atom is 0.0738 e.